The molecule has 0 heterocycles. The van der Waals surface area contributed by atoms with Crippen LogP contribution in [0.2, 0.25) is 0 Å². The molecular formula is C11H23N. The molecule has 0 amide bonds. The molecule has 12 heavy (non-hydrogen) atoms. The van der Waals surface area contributed by atoms with E-state index in [-0.39, 0.29) is 0 Å². The third kappa shape index (κ3) is 3.89. The van der Waals surface area contributed by atoms with Crippen molar-refractivity contribution in [3.05, 3.63) is 0 Å². The smallest absolute Gasteiger partial charge is 0.00891 e. The van der Waals surface area contributed by atoms with E-state index in [1.165, 1.54) is 0 Å². The van der Waals surface area contributed by atoms with Gasteiger partial charge in [0.15, 0.2) is 0 Å². The molecule has 0 fully saturated rings. The molecule has 0 spiro atoms. The average Bonchev–Trinajstić information content (AvgIpc) is 2.02. The predicted molar refractivity (Wildman–Crippen MR) is 55.8 cm³/mol. The first-order valence-corrected chi connectivity index (χ1v) is 5.05. The molecule has 0 aromatic heterocycles. The Morgan fingerprint density at radius 3 is 2.00 bits per heavy atom. The zero-order valence-electron chi connectivity index (χ0n) is 9.15. The second-order valence-electron chi connectivity index (χ2n) is 4.24. The van der Waals surface area contributed by atoms with Crippen LogP contribution in [-0.2, 0) is 0 Å². The molecule has 1 nitrogen and oxygen atoms in total. The van der Waals surface area contributed by atoms with Crippen LogP contribution in [0, 0.1) is 23.2 Å². The first kappa shape index (κ1) is 11.7. The van der Waals surface area contributed by atoms with Crippen molar-refractivity contribution in [2.75, 3.05) is 0 Å². The van der Waals surface area contributed by atoms with Gasteiger partial charge in [-0.3, -0.25) is 0 Å². The maximum absolute atomic E-state index is 7.60. The Hall–Kier alpha value is -0.330. The third-order valence-corrected chi connectivity index (χ3v) is 2.94. The van der Waals surface area contributed by atoms with E-state index in [0.717, 1.165) is 30.4 Å². The van der Waals surface area contributed by atoms with Gasteiger partial charge in [-0.15, -0.1) is 0 Å². The summed E-state index contributed by atoms with van der Waals surface area (Å²) in [6.07, 6.45) is 1.89. The van der Waals surface area contributed by atoms with Crippen LogP contribution in [-0.4, -0.2) is 5.71 Å². The van der Waals surface area contributed by atoms with Gasteiger partial charge in [-0.05, 0) is 30.6 Å². The summed E-state index contributed by atoms with van der Waals surface area (Å²) >= 11 is 0. The Morgan fingerprint density at radius 2 is 1.67 bits per heavy atom. The highest BCUT2D eigenvalue weighted by molar-refractivity contribution is 5.81. The summed E-state index contributed by atoms with van der Waals surface area (Å²) in [6, 6.07) is 0. The van der Waals surface area contributed by atoms with E-state index < -0.39 is 0 Å². The lowest BCUT2D eigenvalue weighted by Gasteiger charge is -2.23. The molecule has 0 rings (SSSR count). The monoisotopic (exact) mass is 169 g/mol. The number of nitrogens with one attached hydrogen (secondary N) is 1. The van der Waals surface area contributed by atoms with Crippen LogP contribution in [0.1, 0.15) is 47.5 Å². The van der Waals surface area contributed by atoms with Crippen molar-refractivity contribution in [1.29, 1.82) is 5.41 Å². The van der Waals surface area contributed by atoms with E-state index >= 15 is 0 Å². The first-order chi connectivity index (χ1) is 5.49. The number of rotatable bonds is 5. The van der Waals surface area contributed by atoms with Crippen molar-refractivity contribution < 1.29 is 0 Å². The molecule has 1 N–H and O–H groups in total. The minimum Gasteiger partial charge on any atom is -0.310 e. The fraction of sp³-hybridized carbons (Fsp3) is 0.909. The van der Waals surface area contributed by atoms with Gasteiger partial charge in [0, 0.05) is 5.71 Å². The van der Waals surface area contributed by atoms with Crippen molar-refractivity contribution in [3.63, 3.8) is 0 Å². The standard InChI is InChI=1S/C11H23N/c1-6-11(12)7-9(4)10(5)8(2)3/h8-10,12H,6-7H2,1-5H3. The van der Waals surface area contributed by atoms with E-state index in [0.29, 0.717) is 5.92 Å². The highest BCUT2D eigenvalue weighted by atomic mass is 14.4. The van der Waals surface area contributed by atoms with Gasteiger partial charge < -0.3 is 5.41 Å². The van der Waals surface area contributed by atoms with Gasteiger partial charge in [-0.2, -0.15) is 0 Å². The zero-order chi connectivity index (χ0) is 9.72. The van der Waals surface area contributed by atoms with Gasteiger partial charge in [0.25, 0.3) is 0 Å². The number of hydrogen-bond donors (Lipinski definition) is 1. The molecule has 0 aromatic rings. The van der Waals surface area contributed by atoms with Crippen molar-refractivity contribution in [3.8, 4) is 0 Å². The van der Waals surface area contributed by atoms with Crippen LogP contribution in [0.25, 0.3) is 0 Å². The Kier molecular flexibility index (Phi) is 5.19. The molecule has 0 saturated heterocycles. The first-order valence-electron chi connectivity index (χ1n) is 5.05. The van der Waals surface area contributed by atoms with Gasteiger partial charge in [0.2, 0.25) is 0 Å². The lowest BCUT2D eigenvalue weighted by Crippen LogP contribution is -2.17. The van der Waals surface area contributed by atoms with Crippen molar-refractivity contribution >= 4 is 5.71 Å². The minimum atomic E-state index is 0.664. The summed E-state index contributed by atoms with van der Waals surface area (Å²) in [5.74, 6) is 2.14. The summed E-state index contributed by atoms with van der Waals surface area (Å²) in [7, 11) is 0. The van der Waals surface area contributed by atoms with Crippen LogP contribution < -0.4 is 0 Å². The quantitative estimate of drug-likeness (QED) is 0.606. The lowest BCUT2D eigenvalue weighted by molar-refractivity contribution is 0.302. The second kappa shape index (κ2) is 5.34. The summed E-state index contributed by atoms with van der Waals surface area (Å²) in [5, 5.41) is 7.60. The van der Waals surface area contributed by atoms with Crippen LogP contribution >= 0.6 is 0 Å². The van der Waals surface area contributed by atoms with Crippen LogP contribution in [0.15, 0.2) is 0 Å². The molecular weight excluding hydrogens is 146 g/mol. The van der Waals surface area contributed by atoms with E-state index in [1.54, 1.807) is 0 Å². The fourth-order valence-corrected chi connectivity index (χ4v) is 1.38. The minimum absolute atomic E-state index is 0.664. The SMILES string of the molecule is CCC(=N)CC(C)C(C)C(C)C. The molecule has 1 heteroatoms. The van der Waals surface area contributed by atoms with E-state index in [9.17, 15) is 0 Å². The molecule has 0 radical (unpaired) electrons. The molecule has 0 aliphatic heterocycles. The number of hydrogen-bond acceptors (Lipinski definition) is 1. The maximum Gasteiger partial charge on any atom is 0.00891 e. The highest BCUT2D eigenvalue weighted by Gasteiger charge is 2.16. The van der Waals surface area contributed by atoms with Gasteiger partial charge >= 0.3 is 0 Å². The van der Waals surface area contributed by atoms with Crippen molar-refractivity contribution in [2.24, 2.45) is 17.8 Å². The normalized spacial score (nSPS) is 16.2. The molecule has 0 aromatic carbocycles. The predicted octanol–water partition coefficient (Wildman–Crippen LogP) is 3.73. The van der Waals surface area contributed by atoms with E-state index in [1.807, 2.05) is 0 Å². The summed E-state index contributed by atoms with van der Waals surface area (Å²) in [6.45, 7) is 11.1. The molecule has 0 aliphatic carbocycles. The van der Waals surface area contributed by atoms with Gasteiger partial charge in [-0.1, -0.05) is 34.6 Å². The molecule has 0 bridgehead atoms. The van der Waals surface area contributed by atoms with Crippen molar-refractivity contribution in [2.45, 2.75) is 47.5 Å². The van der Waals surface area contributed by atoms with E-state index in [2.05, 4.69) is 34.6 Å². The molecule has 2 atom stereocenters. The van der Waals surface area contributed by atoms with Crippen molar-refractivity contribution in [1.82, 2.24) is 0 Å². The highest BCUT2D eigenvalue weighted by Crippen LogP contribution is 2.23. The van der Waals surface area contributed by atoms with Crippen LogP contribution in [0.5, 0.6) is 0 Å². The van der Waals surface area contributed by atoms with Gasteiger partial charge in [0.05, 0.1) is 0 Å². The van der Waals surface area contributed by atoms with Gasteiger partial charge in [0.1, 0.15) is 0 Å². The lowest BCUT2D eigenvalue weighted by atomic mass is 9.83. The second-order valence-corrected chi connectivity index (χ2v) is 4.24. The average molecular weight is 169 g/mol. The Balaban J connectivity index is 3.86. The summed E-state index contributed by atoms with van der Waals surface area (Å²) in [5.41, 5.74) is 0.898. The largest absolute Gasteiger partial charge is 0.310 e. The molecule has 0 aliphatic rings. The Bertz CT molecular complexity index is 138. The molecule has 2 unspecified atom stereocenters. The zero-order valence-corrected chi connectivity index (χ0v) is 9.15. The molecule has 0 saturated carbocycles. The summed E-state index contributed by atoms with van der Waals surface area (Å²) in [4.78, 5) is 0. The Labute approximate surface area is 77.1 Å². The Morgan fingerprint density at radius 1 is 1.17 bits per heavy atom. The summed E-state index contributed by atoms with van der Waals surface area (Å²) < 4.78 is 0. The maximum atomic E-state index is 7.60. The topological polar surface area (TPSA) is 23.9 Å². The van der Waals surface area contributed by atoms with E-state index in [4.69, 9.17) is 5.41 Å². The molecule has 72 valence electrons. The fourth-order valence-electron chi connectivity index (χ4n) is 1.38. The third-order valence-electron chi connectivity index (χ3n) is 2.94. The van der Waals surface area contributed by atoms with Crippen LogP contribution in [0.4, 0.5) is 0 Å². The van der Waals surface area contributed by atoms with Gasteiger partial charge in [-0.25, -0.2) is 0 Å². The van der Waals surface area contributed by atoms with Crippen LogP contribution in [0.3, 0.4) is 0 Å².